The van der Waals surface area contributed by atoms with Crippen LogP contribution in [0.4, 0.5) is 5.69 Å². The molecule has 0 spiro atoms. The topological polar surface area (TPSA) is 69.0 Å². The van der Waals surface area contributed by atoms with E-state index in [2.05, 4.69) is 47.8 Å². The van der Waals surface area contributed by atoms with Crippen LogP contribution in [0.2, 0.25) is 0 Å². The number of hydrogen-bond acceptors (Lipinski definition) is 3. The maximum absolute atomic E-state index is 13.5. The van der Waals surface area contributed by atoms with E-state index >= 15 is 0 Å². The maximum Gasteiger partial charge on any atom is 0.197 e. The molecule has 5 rings (SSSR count). The molecule has 0 atom stereocenters. The van der Waals surface area contributed by atoms with Crippen molar-refractivity contribution in [2.75, 3.05) is 18.0 Å². The maximum atomic E-state index is 13.5. The molecular weight excluding hydrogens is 434 g/mol. The third-order valence-corrected chi connectivity index (χ3v) is 7.10. The Kier molecular flexibility index (Phi) is 6.33. The van der Waals surface area contributed by atoms with E-state index in [1.165, 1.54) is 0 Å². The van der Waals surface area contributed by atoms with Crippen molar-refractivity contribution in [3.63, 3.8) is 0 Å². The summed E-state index contributed by atoms with van der Waals surface area (Å²) >= 11 is 0. The molecule has 2 heterocycles. The lowest BCUT2D eigenvalue weighted by Gasteiger charge is -2.25. The largest absolute Gasteiger partial charge is 0.371 e. The van der Waals surface area contributed by atoms with Gasteiger partial charge in [-0.1, -0.05) is 39.7 Å². The fraction of sp³-hybridized carbons (Fsp3) is 0.333. The summed E-state index contributed by atoms with van der Waals surface area (Å²) in [6.45, 7) is 8.51. The zero-order valence-electron chi connectivity index (χ0n) is 20.8. The van der Waals surface area contributed by atoms with E-state index in [9.17, 15) is 9.59 Å². The Hall–Kier alpha value is -3.60. The van der Waals surface area contributed by atoms with Crippen molar-refractivity contribution in [3.8, 4) is 0 Å². The van der Waals surface area contributed by atoms with Crippen LogP contribution in [-0.4, -0.2) is 23.1 Å². The van der Waals surface area contributed by atoms with Gasteiger partial charge in [-0.25, -0.2) is 0 Å². The van der Waals surface area contributed by atoms with Crippen LogP contribution < -0.4 is 15.8 Å². The Morgan fingerprint density at radius 1 is 0.629 bits per heavy atom. The number of fused-ring (bicyclic) bond motifs is 4. The van der Waals surface area contributed by atoms with Gasteiger partial charge in [-0.15, -0.1) is 0 Å². The zero-order chi connectivity index (χ0) is 24.5. The Labute approximate surface area is 204 Å². The number of unbranched alkanes of at least 4 members (excludes halogenated alkanes) is 2. The minimum Gasteiger partial charge on any atom is -0.371 e. The van der Waals surface area contributed by atoms with Gasteiger partial charge in [-0.05, 0) is 67.3 Å². The quantitative estimate of drug-likeness (QED) is 0.251. The molecule has 0 saturated carbocycles. The summed E-state index contributed by atoms with van der Waals surface area (Å²) in [4.78, 5) is 36.1. The molecule has 0 aliphatic carbocycles. The van der Waals surface area contributed by atoms with Crippen molar-refractivity contribution < 1.29 is 0 Å². The highest BCUT2D eigenvalue weighted by Crippen LogP contribution is 2.25. The number of aromatic amines is 2. The SMILES string of the molecule is CCCCN(CCCC)c1ccc2c(=O)c3cc4[nH]c5ccc(CC)cc5c(=O)c4cc3[nH]c2c1. The highest BCUT2D eigenvalue weighted by molar-refractivity contribution is 6.03. The zero-order valence-corrected chi connectivity index (χ0v) is 20.8. The van der Waals surface area contributed by atoms with E-state index < -0.39 is 0 Å². The van der Waals surface area contributed by atoms with Crippen LogP contribution in [0.25, 0.3) is 43.6 Å². The number of nitrogens with zero attached hydrogens (tertiary/aromatic N) is 1. The average Bonchev–Trinajstić information content (AvgIpc) is 2.88. The van der Waals surface area contributed by atoms with E-state index in [1.54, 1.807) is 0 Å². The predicted molar refractivity (Wildman–Crippen MR) is 149 cm³/mol. The lowest BCUT2D eigenvalue weighted by Crippen LogP contribution is -2.25. The van der Waals surface area contributed by atoms with Crippen molar-refractivity contribution in [1.82, 2.24) is 9.97 Å². The lowest BCUT2D eigenvalue weighted by molar-refractivity contribution is 0.678. The summed E-state index contributed by atoms with van der Waals surface area (Å²) in [5.74, 6) is 0. The molecule has 5 nitrogen and oxygen atoms in total. The minimum absolute atomic E-state index is 0.00838. The van der Waals surface area contributed by atoms with Gasteiger partial charge in [-0.3, -0.25) is 9.59 Å². The number of benzene rings is 3. The first-order valence-electron chi connectivity index (χ1n) is 12.9. The second-order valence-electron chi connectivity index (χ2n) is 9.51. The first kappa shape index (κ1) is 23.2. The molecule has 0 aliphatic rings. The van der Waals surface area contributed by atoms with Gasteiger partial charge in [0.1, 0.15) is 0 Å². The molecule has 0 radical (unpaired) electrons. The molecule has 2 N–H and O–H groups in total. The molecule has 3 aromatic carbocycles. The van der Waals surface area contributed by atoms with E-state index in [-0.39, 0.29) is 10.9 Å². The van der Waals surface area contributed by atoms with Crippen LogP contribution in [0, 0.1) is 0 Å². The fourth-order valence-electron chi connectivity index (χ4n) is 4.97. The van der Waals surface area contributed by atoms with E-state index in [0.717, 1.165) is 67.5 Å². The number of rotatable bonds is 8. The molecule has 2 aromatic heterocycles. The first-order chi connectivity index (χ1) is 17.0. The van der Waals surface area contributed by atoms with Crippen molar-refractivity contribution in [1.29, 1.82) is 0 Å². The van der Waals surface area contributed by atoms with Gasteiger partial charge in [-0.2, -0.15) is 0 Å². The summed E-state index contributed by atoms with van der Waals surface area (Å²) < 4.78 is 0. The van der Waals surface area contributed by atoms with E-state index in [1.807, 2.05) is 36.4 Å². The van der Waals surface area contributed by atoms with Crippen molar-refractivity contribution >= 4 is 49.3 Å². The van der Waals surface area contributed by atoms with Crippen molar-refractivity contribution in [3.05, 3.63) is 74.5 Å². The fourth-order valence-corrected chi connectivity index (χ4v) is 4.97. The van der Waals surface area contributed by atoms with Gasteiger partial charge < -0.3 is 14.9 Å². The van der Waals surface area contributed by atoms with Gasteiger partial charge in [0.2, 0.25) is 0 Å². The van der Waals surface area contributed by atoms with Gasteiger partial charge in [0.25, 0.3) is 0 Å². The predicted octanol–water partition coefficient (Wildman–Crippen LogP) is 6.65. The van der Waals surface area contributed by atoms with Crippen LogP contribution in [0.3, 0.4) is 0 Å². The highest BCUT2D eigenvalue weighted by Gasteiger charge is 2.13. The second-order valence-corrected chi connectivity index (χ2v) is 9.51. The molecule has 0 saturated heterocycles. The molecule has 35 heavy (non-hydrogen) atoms. The molecule has 0 amide bonds. The Balaban J connectivity index is 1.70. The van der Waals surface area contributed by atoms with Crippen LogP contribution in [-0.2, 0) is 6.42 Å². The van der Waals surface area contributed by atoms with Gasteiger partial charge in [0, 0.05) is 45.8 Å². The molecule has 0 unspecified atom stereocenters. The summed E-state index contributed by atoms with van der Waals surface area (Å²) in [5, 5.41) is 2.54. The Morgan fingerprint density at radius 3 is 1.83 bits per heavy atom. The molecule has 0 aliphatic heterocycles. The first-order valence-corrected chi connectivity index (χ1v) is 12.9. The van der Waals surface area contributed by atoms with Gasteiger partial charge in [0.15, 0.2) is 10.9 Å². The number of H-pyrrole nitrogens is 2. The smallest absolute Gasteiger partial charge is 0.197 e. The van der Waals surface area contributed by atoms with E-state index in [0.29, 0.717) is 32.6 Å². The number of aromatic nitrogens is 2. The van der Waals surface area contributed by atoms with E-state index in [4.69, 9.17) is 0 Å². The third-order valence-electron chi connectivity index (χ3n) is 7.10. The standard InChI is InChI=1S/C30H33N3O2/c1-4-7-13-33(14-8-5-2)20-10-11-21-26(16-20)32-28-18-24-27(17-23(28)29(21)34)31-25-12-9-19(6-3)15-22(25)30(24)35/h9-12,15-18H,4-8,13-14H2,1-3H3,(H,31,35)(H,32,34). The molecule has 180 valence electrons. The number of anilines is 1. The Morgan fingerprint density at radius 2 is 1.20 bits per heavy atom. The summed E-state index contributed by atoms with van der Waals surface area (Å²) in [6.07, 6.45) is 5.44. The second kappa shape index (κ2) is 9.57. The number of nitrogens with one attached hydrogen (secondary N) is 2. The van der Waals surface area contributed by atoms with Gasteiger partial charge in [0.05, 0.1) is 16.6 Å². The average molecular weight is 468 g/mol. The summed E-state index contributed by atoms with van der Waals surface area (Å²) in [6, 6.07) is 15.7. The molecular formula is C30H33N3O2. The van der Waals surface area contributed by atoms with Crippen molar-refractivity contribution in [2.24, 2.45) is 0 Å². The molecule has 0 fully saturated rings. The molecule has 5 aromatic rings. The van der Waals surface area contributed by atoms with Crippen LogP contribution in [0.15, 0.2) is 58.1 Å². The summed E-state index contributed by atoms with van der Waals surface area (Å²) in [7, 11) is 0. The van der Waals surface area contributed by atoms with Crippen LogP contribution in [0.5, 0.6) is 0 Å². The lowest BCUT2D eigenvalue weighted by atomic mass is 10.0. The van der Waals surface area contributed by atoms with Crippen LogP contribution in [0.1, 0.15) is 52.0 Å². The number of pyridine rings is 2. The number of hydrogen-bond donors (Lipinski definition) is 2. The summed E-state index contributed by atoms with van der Waals surface area (Å²) in [5.41, 5.74) is 5.22. The minimum atomic E-state index is -0.0156. The van der Waals surface area contributed by atoms with Gasteiger partial charge >= 0.3 is 0 Å². The third kappa shape index (κ3) is 4.20. The molecule has 5 heteroatoms. The van der Waals surface area contributed by atoms with Crippen LogP contribution >= 0.6 is 0 Å². The number of aryl methyl sites for hydroxylation is 1. The van der Waals surface area contributed by atoms with Crippen molar-refractivity contribution in [2.45, 2.75) is 52.9 Å². The normalized spacial score (nSPS) is 11.7. The monoisotopic (exact) mass is 467 g/mol. The molecule has 0 bridgehead atoms. The highest BCUT2D eigenvalue weighted by atomic mass is 16.1. The Bertz CT molecular complexity index is 1650.